The Morgan fingerprint density at radius 1 is 0.897 bits per heavy atom. The normalized spacial score (nSPS) is 12.3. The molecule has 0 aliphatic carbocycles. The van der Waals surface area contributed by atoms with Crippen molar-refractivity contribution in [3.05, 3.63) is 70.8 Å². The van der Waals surface area contributed by atoms with Gasteiger partial charge in [-0.2, -0.15) is 0 Å². The maximum atomic E-state index is 11.6. The van der Waals surface area contributed by atoms with E-state index in [4.69, 9.17) is 0 Å². The molecule has 1 atom stereocenters. The lowest BCUT2D eigenvalue weighted by Gasteiger charge is -2.12. The van der Waals surface area contributed by atoms with Crippen molar-refractivity contribution < 1.29 is 4.79 Å². The second-order valence-corrected chi connectivity index (χ2v) is 7.80. The molecule has 0 saturated heterocycles. The number of ketones is 1. The Kier molecular flexibility index (Phi) is 11.2. The Morgan fingerprint density at radius 3 is 2.00 bits per heavy atom. The number of Topliss-reactive ketones (excluding diaryl/α,β-unsaturated/α-hetero) is 1. The quantitative estimate of drug-likeness (QED) is 0.442. The van der Waals surface area contributed by atoms with Gasteiger partial charge in [0.2, 0.25) is 0 Å². The van der Waals surface area contributed by atoms with E-state index < -0.39 is 0 Å². The van der Waals surface area contributed by atoms with Gasteiger partial charge in [-0.15, -0.1) is 0 Å². The zero-order chi connectivity index (χ0) is 21.8. The number of carbonyl (C=O) groups is 1. The third-order valence-corrected chi connectivity index (χ3v) is 5.35. The number of hydrogen-bond acceptors (Lipinski definition) is 2. The largest absolute Gasteiger partial charge is 0.299 e. The molecule has 0 aliphatic heterocycles. The topological polar surface area (TPSA) is 29.4 Å². The van der Waals surface area contributed by atoms with Crippen molar-refractivity contribution in [3.63, 3.8) is 0 Å². The van der Waals surface area contributed by atoms with E-state index in [1.165, 1.54) is 22.4 Å². The molecule has 0 saturated carbocycles. The van der Waals surface area contributed by atoms with Gasteiger partial charge in [-0.05, 0) is 47.6 Å². The predicted octanol–water partition coefficient (Wildman–Crippen LogP) is 7.05. The Balaban J connectivity index is 0.000000296. The monoisotopic (exact) mass is 393 g/mol. The summed E-state index contributed by atoms with van der Waals surface area (Å²) in [5.74, 6) is 0.461. The lowest BCUT2D eigenvalue weighted by Crippen LogP contribution is -2.15. The van der Waals surface area contributed by atoms with E-state index in [0.29, 0.717) is 5.78 Å². The minimum absolute atomic E-state index is 0.0289. The van der Waals surface area contributed by atoms with Gasteiger partial charge in [0.1, 0.15) is 5.78 Å². The Labute approximate surface area is 178 Å². The highest BCUT2D eigenvalue weighted by molar-refractivity contribution is 6.00. The standard InChI is InChI=1S/C15H23N.C12H16O/c1-5-8-15(16-4)14-10-9-12(6-2)13(7-3)11-14;1-9(2)12(13)10(3)11-7-5-4-6-8-11/h9-11H,5-8H2,1-4H3;4-10H,1-3H3. The molecule has 0 aliphatic rings. The number of rotatable bonds is 8. The van der Waals surface area contributed by atoms with Gasteiger partial charge in [-0.25, -0.2) is 0 Å². The van der Waals surface area contributed by atoms with Gasteiger partial charge in [0, 0.05) is 24.6 Å². The van der Waals surface area contributed by atoms with E-state index in [0.717, 1.165) is 31.2 Å². The lowest BCUT2D eigenvalue weighted by molar-refractivity contribution is -0.123. The molecular weight excluding hydrogens is 354 g/mol. The number of nitrogens with zero attached hydrogens (tertiary/aromatic N) is 1. The van der Waals surface area contributed by atoms with E-state index in [1.54, 1.807) is 0 Å². The van der Waals surface area contributed by atoms with Crippen LogP contribution in [0.15, 0.2) is 53.5 Å². The van der Waals surface area contributed by atoms with Gasteiger partial charge >= 0.3 is 0 Å². The SMILES string of the molecule is CC(C)C(=O)C(C)c1ccccc1.CCCC(=NC)c1ccc(CC)c(CC)c1. The Bertz CT molecular complexity index is 774. The van der Waals surface area contributed by atoms with Crippen molar-refractivity contribution in [1.29, 1.82) is 0 Å². The molecule has 0 N–H and O–H groups in total. The zero-order valence-corrected chi connectivity index (χ0v) is 19.5. The van der Waals surface area contributed by atoms with Crippen LogP contribution in [0.4, 0.5) is 0 Å². The average molecular weight is 394 g/mol. The van der Waals surface area contributed by atoms with E-state index in [1.807, 2.05) is 58.2 Å². The van der Waals surface area contributed by atoms with Crippen LogP contribution in [0.2, 0.25) is 0 Å². The Hall–Kier alpha value is -2.22. The summed E-state index contributed by atoms with van der Waals surface area (Å²) >= 11 is 0. The summed E-state index contributed by atoms with van der Waals surface area (Å²) in [6.45, 7) is 12.5. The maximum Gasteiger partial charge on any atom is 0.142 e. The molecule has 0 bridgehead atoms. The third-order valence-electron chi connectivity index (χ3n) is 5.35. The smallest absolute Gasteiger partial charge is 0.142 e. The number of benzene rings is 2. The molecule has 2 aromatic rings. The van der Waals surface area contributed by atoms with E-state index in [9.17, 15) is 4.79 Å². The molecule has 0 amide bonds. The Morgan fingerprint density at radius 2 is 1.52 bits per heavy atom. The van der Waals surface area contributed by atoms with Crippen molar-refractivity contribution in [1.82, 2.24) is 0 Å². The second-order valence-electron chi connectivity index (χ2n) is 7.80. The summed E-state index contributed by atoms with van der Waals surface area (Å²) in [5.41, 5.74) is 6.59. The fourth-order valence-corrected chi connectivity index (χ4v) is 3.51. The van der Waals surface area contributed by atoms with Crippen LogP contribution in [-0.2, 0) is 17.6 Å². The highest BCUT2D eigenvalue weighted by atomic mass is 16.1. The van der Waals surface area contributed by atoms with Gasteiger partial charge in [0.25, 0.3) is 0 Å². The van der Waals surface area contributed by atoms with Gasteiger partial charge in [0.05, 0.1) is 0 Å². The van der Waals surface area contributed by atoms with Crippen LogP contribution >= 0.6 is 0 Å². The number of carbonyl (C=O) groups excluding carboxylic acids is 1. The lowest BCUT2D eigenvalue weighted by atomic mass is 9.91. The van der Waals surface area contributed by atoms with Crippen LogP contribution in [-0.4, -0.2) is 18.5 Å². The molecule has 2 rings (SSSR count). The van der Waals surface area contributed by atoms with E-state index in [-0.39, 0.29) is 11.8 Å². The minimum Gasteiger partial charge on any atom is -0.299 e. The number of aryl methyl sites for hydroxylation is 2. The van der Waals surface area contributed by atoms with Crippen LogP contribution in [0.25, 0.3) is 0 Å². The van der Waals surface area contributed by atoms with Crippen LogP contribution in [0, 0.1) is 5.92 Å². The summed E-state index contributed by atoms with van der Waals surface area (Å²) in [6, 6.07) is 16.7. The molecule has 2 aromatic carbocycles. The van der Waals surface area contributed by atoms with E-state index in [2.05, 4.69) is 44.0 Å². The van der Waals surface area contributed by atoms with Crippen LogP contribution in [0.5, 0.6) is 0 Å². The van der Waals surface area contributed by atoms with Gasteiger partial charge in [0.15, 0.2) is 0 Å². The number of hydrogen-bond donors (Lipinski definition) is 0. The number of aliphatic imine (C=N–C) groups is 1. The first-order valence-electron chi connectivity index (χ1n) is 11.1. The third kappa shape index (κ3) is 7.61. The summed E-state index contributed by atoms with van der Waals surface area (Å²) in [6.07, 6.45) is 4.46. The van der Waals surface area contributed by atoms with Crippen LogP contribution in [0.1, 0.15) is 82.6 Å². The second kappa shape index (κ2) is 13.1. The van der Waals surface area contributed by atoms with Crippen LogP contribution < -0.4 is 0 Å². The molecule has 0 heterocycles. The van der Waals surface area contributed by atoms with Crippen molar-refractivity contribution in [2.45, 2.75) is 73.1 Å². The molecule has 0 radical (unpaired) electrons. The molecular formula is C27H39NO. The highest BCUT2D eigenvalue weighted by Gasteiger charge is 2.17. The average Bonchev–Trinajstić information content (AvgIpc) is 2.76. The minimum atomic E-state index is 0.0289. The predicted molar refractivity (Wildman–Crippen MR) is 127 cm³/mol. The zero-order valence-electron chi connectivity index (χ0n) is 19.5. The molecule has 1 unspecified atom stereocenters. The molecule has 29 heavy (non-hydrogen) atoms. The van der Waals surface area contributed by atoms with Crippen molar-refractivity contribution >= 4 is 11.5 Å². The van der Waals surface area contributed by atoms with Gasteiger partial charge < -0.3 is 0 Å². The molecule has 2 nitrogen and oxygen atoms in total. The fourth-order valence-electron chi connectivity index (χ4n) is 3.51. The summed E-state index contributed by atoms with van der Waals surface area (Å²) in [7, 11) is 1.89. The summed E-state index contributed by atoms with van der Waals surface area (Å²) < 4.78 is 0. The molecule has 2 heteroatoms. The maximum absolute atomic E-state index is 11.6. The molecule has 158 valence electrons. The van der Waals surface area contributed by atoms with E-state index >= 15 is 0 Å². The van der Waals surface area contributed by atoms with Crippen molar-refractivity contribution in [2.24, 2.45) is 10.9 Å². The van der Waals surface area contributed by atoms with Gasteiger partial charge in [-0.1, -0.05) is 90.4 Å². The van der Waals surface area contributed by atoms with Crippen LogP contribution in [0.3, 0.4) is 0 Å². The summed E-state index contributed by atoms with van der Waals surface area (Å²) in [4.78, 5) is 16.0. The summed E-state index contributed by atoms with van der Waals surface area (Å²) in [5, 5.41) is 0. The highest BCUT2D eigenvalue weighted by Crippen LogP contribution is 2.19. The van der Waals surface area contributed by atoms with Gasteiger partial charge in [-0.3, -0.25) is 9.79 Å². The first-order valence-corrected chi connectivity index (χ1v) is 11.1. The van der Waals surface area contributed by atoms with Crippen molar-refractivity contribution in [2.75, 3.05) is 7.05 Å². The van der Waals surface area contributed by atoms with Crippen molar-refractivity contribution in [3.8, 4) is 0 Å². The first kappa shape index (κ1) is 24.8. The molecule has 0 aromatic heterocycles. The first-order chi connectivity index (χ1) is 13.9. The fraction of sp³-hybridized carbons (Fsp3) is 0.481. The molecule has 0 spiro atoms. The molecule has 0 fully saturated rings.